The zero-order valence-electron chi connectivity index (χ0n) is 14.2. The predicted molar refractivity (Wildman–Crippen MR) is 87.4 cm³/mol. The Morgan fingerprint density at radius 2 is 2.13 bits per heavy atom. The topological polar surface area (TPSA) is 54.6 Å². The van der Waals surface area contributed by atoms with Crippen LogP contribution in [0.3, 0.4) is 0 Å². The number of piperazine rings is 1. The van der Waals surface area contributed by atoms with Crippen molar-refractivity contribution in [3.8, 4) is 5.75 Å². The first-order valence-corrected chi connectivity index (χ1v) is 7.93. The van der Waals surface area contributed by atoms with Crippen LogP contribution in [0.1, 0.15) is 28.9 Å². The molecule has 0 N–H and O–H groups in total. The summed E-state index contributed by atoms with van der Waals surface area (Å²) in [5.74, 6) is 2.34. The fraction of sp³-hybridized carbons (Fsp3) is 0.529. The highest BCUT2D eigenvalue weighted by molar-refractivity contribution is 5.39. The van der Waals surface area contributed by atoms with Crippen molar-refractivity contribution >= 4 is 0 Å². The third-order valence-corrected chi connectivity index (χ3v) is 4.53. The highest BCUT2D eigenvalue weighted by Crippen LogP contribution is 2.27. The molecule has 1 aliphatic rings. The van der Waals surface area contributed by atoms with Crippen molar-refractivity contribution in [3.63, 3.8) is 0 Å². The van der Waals surface area contributed by atoms with E-state index in [9.17, 15) is 0 Å². The molecule has 6 heteroatoms. The third-order valence-electron chi connectivity index (χ3n) is 4.53. The minimum atomic E-state index is 0.139. The predicted octanol–water partition coefficient (Wildman–Crippen LogP) is 2.18. The second kappa shape index (κ2) is 6.68. The maximum absolute atomic E-state index is 5.53. The van der Waals surface area contributed by atoms with Crippen LogP contribution in [0.2, 0.25) is 0 Å². The summed E-state index contributed by atoms with van der Waals surface area (Å²) in [6.07, 6.45) is 0. The molecule has 1 aromatic carbocycles. The summed E-state index contributed by atoms with van der Waals surface area (Å²) in [6.45, 7) is 7.71. The van der Waals surface area contributed by atoms with Crippen molar-refractivity contribution in [2.75, 3.05) is 33.8 Å². The van der Waals surface area contributed by atoms with Crippen molar-refractivity contribution < 1.29 is 9.26 Å². The van der Waals surface area contributed by atoms with Gasteiger partial charge in [0.1, 0.15) is 11.8 Å². The first-order valence-electron chi connectivity index (χ1n) is 7.93. The summed E-state index contributed by atoms with van der Waals surface area (Å²) in [7, 11) is 3.84. The van der Waals surface area contributed by atoms with E-state index in [0.29, 0.717) is 11.7 Å². The van der Waals surface area contributed by atoms with Crippen molar-refractivity contribution in [2.24, 2.45) is 0 Å². The maximum atomic E-state index is 5.53. The van der Waals surface area contributed by atoms with Crippen molar-refractivity contribution in [2.45, 2.75) is 26.4 Å². The molecule has 1 fully saturated rings. The number of rotatable bonds is 4. The lowest BCUT2D eigenvalue weighted by atomic mass is 10.1. The molecule has 1 saturated heterocycles. The number of aryl methyl sites for hydroxylation is 2. The molecule has 0 spiro atoms. The molecule has 0 saturated carbocycles. The summed E-state index contributed by atoms with van der Waals surface area (Å²) in [4.78, 5) is 9.11. The van der Waals surface area contributed by atoms with E-state index >= 15 is 0 Å². The van der Waals surface area contributed by atoms with E-state index in [4.69, 9.17) is 9.26 Å². The Balaban J connectivity index is 1.77. The Morgan fingerprint density at radius 3 is 2.83 bits per heavy atom. The number of methoxy groups -OCH3 is 1. The SMILES string of the molecule is COc1cccc(C)c1CN1CCN(C)[C@H](c2nc(C)no2)C1. The summed E-state index contributed by atoms with van der Waals surface area (Å²) >= 11 is 0. The third kappa shape index (κ3) is 3.38. The Kier molecular flexibility index (Phi) is 4.63. The van der Waals surface area contributed by atoms with E-state index in [-0.39, 0.29) is 6.04 Å². The lowest BCUT2D eigenvalue weighted by Crippen LogP contribution is -2.46. The Labute approximate surface area is 137 Å². The van der Waals surface area contributed by atoms with Crippen LogP contribution in [0.4, 0.5) is 0 Å². The summed E-state index contributed by atoms with van der Waals surface area (Å²) in [6, 6.07) is 6.33. The number of benzene rings is 1. The smallest absolute Gasteiger partial charge is 0.245 e. The average Bonchev–Trinajstić information content (AvgIpc) is 2.97. The standard InChI is InChI=1S/C17H24N4O2/c1-12-6-5-7-16(22-4)14(12)10-21-9-8-20(3)15(11-21)17-18-13(2)19-23-17/h5-7,15H,8-11H2,1-4H3/t15-/m0/s1. The average molecular weight is 316 g/mol. The molecule has 1 aliphatic heterocycles. The second-order valence-corrected chi connectivity index (χ2v) is 6.17. The van der Waals surface area contributed by atoms with Gasteiger partial charge in [-0.3, -0.25) is 9.80 Å². The summed E-state index contributed by atoms with van der Waals surface area (Å²) in [5, 5.41) is 3.93. The highest BCUT2D eigenvalue weighted by Gasteiger charge is 2.30. The second-order valence-electron chi connectivity index (χ2n) is 6.17. The fourth-order valence-electron chi connectivity index (χ4n) is 3.08. The highest BCUT2D eigenvalue weighted by atomic mass is 16.5. The molecular weight excluding hydrogens is 292 g/mol. The van der Waals surface area contributed by atoms with Crippen LogP contribution < -0.4 is 4.74 Å². The van der Waals surface area contributed by atoms with Gasteiger partial charge in [-0.2, -0.15) is 4.98 Å². The molecule has 1 atom stereocenters. The normalized spacial score (nSPS) is 19.9. The molecule has 124 valence electrons. The fourth-order valence-corrected chi connectivity index (χ4v) is 3.08. The first-order chi connectivity index (χ1) is 11.1. The molecule has 23 heavy (non-hydrogen) atoms. The maximum Gasteiger partial charge on any atom is 0.245 e. The van der Waals surface area contributed by atoms with Crippen LogP contribution >= 0.6 is 0 Å². The van der Waals surface area contributed by atoms with Crippen LogP contribution in [0.15, 0.2) is 22.7 Å². The Hall–Kier alpha value is -1.92. The number of nitrogens with zero attached hydrogens (tertiary/aromatic N) is 4. The molecule has 2 aromatic rings. The first kappa shape index (κ1) is 16.0. The zero-order chi connectivity index (χ0) is 16.4. The van der Waals surface area contributed by atoms with E-state index in [1.54, 1.807) is 7.11 Å². The number of aromatic nitrogens is 2. The van der Waals surface area contributed by atoms with E-state index in [2.05, 4.69) is 40.0 Å². The van der Waals surface area contributed by atoms with Gasteiger partial charge in [-0.15, -0.1) is 0 Å². The summed E-state index contributed by atoms with van der Waals surface area (Å²) < 4.78 is 10.9. The quantitative estimate of drug-likeness (QED) is 0.862. The minimum Gasteiger partial charge on any atom is -0.496 e. The number of ether oxygens (including phenoxy) is 1. The van der Waals surface area contributed by atoms with Gasteiger partial charge >= 0.3 is 0 Å². The zero-order valence-corrected chi connectivity index (χ0v) is 14.2. The number of likely N-dealkylation sites (N-methyl/N-ethyl adjacent to an activating group) is 1. The van der Waals surface area contributed by atoms with Gasteiger partial charge in [-0.1, -0.05) is 17.3 Å². The molecule has 2 heterocycles. The molecule has 0 unspecified atom stereocenters. The van der Waals surface area contributed by atoms with Crippen LogP contribution in [0.25, 0.3) is 0 Å². The Morgan fingerprint density at radius 1 is 1.30 bits per heavy atom. The van der Waals surface area contributed by atoms with E-state index in [1.165, 1.54) is 11.1 Å². The van der Waals surface area contributed by atoms with Crippen molar-refractivity contribution in [1.29, 1.82) is 0 Å². The van der Waals surface area contributed by atoms with Gasteiger partial charge in [0.15, 0.2) is 5.82 Å². The largest absolute Gasteiger partial charge is 0.496 e. The monoisotopic (exact) mass is 316 g/mol. The van der Waals surface area contributed by atoms with Crippen LogP contribution in [0, 0.1) is 13.8 Å². The van der Waals surface area contributed by atoms with E-state index in [1.807, 2.05) is 19.1 Å². The molecule has 1 aromatic heterocycles. The van der Waals surface area contributed by atoms with Gasteiger partial charge in [-0.05, 0) is 32.5 Å². The molecule has 0 radical (unpaired) electrons. The number of hydrogen-bond acceptors (Lipinski definition) is 6. The molecule has 3 rings (SSSR count). The van der Waals surface area contributed by atoms with Gasteiger partial charge in [0.05, 0.1) is 7.11 Å². The van der Waals surface area contributed by atoms with Gasteiger partial charge in [0.2, 0.25) is 5.89 Å². The summed E-state index contributed by atoms with van der Waals surface area (Å²) in [5.41, 5.74) is 2.51. The number of hydrogen-bond donors (Lipinski definition) is 0. The molecule has 0 bridgehead atoms. The van der Waals surface area contributed by atoms with E-state index < -0.39 is 0 Å². The van der Waals surface area contributed by atoms with Crippen LogP contribution in [0.5, 0.6) is 5.75 Å². The van der Waals surface area contributed by atoms with Crippen molar-refractivity contribution in [3.05, 3.63) is 41.0 Å². The molecular formula is C17H24N4O2. The molecule has 0 aliphatic carbocycles. The molecule has 0 amide bonds. The lowest BCUT2D eigenvalue weighted by Gasteiger charge is -2.37. The molecule has 6 nitrogen and oxygen atoms in total. The van der Waals surface area contributed by atoms with Crippen LogP contribution in [-0.4, -0.2) is 53.7 Å². The minimum absolute atomic E-state index is 0.139. The lowest BCUT2D eigenvalue weighted by molar-refractivity contribution is 0.0709. The van der Waals surface area contributed by atoms with Crippen molar-refractivity contribution in [1.82, 2.24) is 19.9 Å². The van der Waals surface area contributed by atoms with Gasteiger partial charge in [0, 0.05) is 31.7 Å². The van der Waals surface area contributed by atoms with Gasteiger partial charge in [-0.25, -0.2) is 0 Å². The Bertz CT molecular complexity index is 670. The van der Waals surface area contributed by atoms with Gasteiger partial charge < -0.3 is 9.26 Å². The van der Waals surface area contributed by atoms with E-state index in [0.717, 1.165) is 31.9 Å². The van der Waals surface area contributed by atoms with Crippen LogP contribution in [-0.2, 0) is 6.54 Å². The van der Waals surface area contributed by atoms with Gasteiger partial charge in [0.25, 0.3) is 0 Å².